The average Bonchev–Trinajstić information content (AvgIpc) is 2.39. The van der Waals surface area contributed by atoms with Crippen LogP contribution in [0.5, 0.6) is 5.75 Å². The van der Waals surface area contributed by atoms with Crippen LogP contribution in [0.2, 0.25) is 0 Å². The highest BCUT2D eigenvalue weighted by Crippen LogP contribution is 2.20. The molecule has 1 aliphatic rings. The number of ketones is 1. The summed E-state index contributed by atoms with van der Waals surface area (Å²) < 4.78 is 5.15. The Kier molecular flexibility index (Phi) is 4.66. The van der Waals surface area contributed by atoms with E-state index in [1.165, 1.54) is 0 Å². The molecule has 0 aromatic heterocycles. The minimum atomic E-state index is 0.218. The first-order valence-electron chi connectivity index (χ1n) is 6.19. The number of carbonyl (C=O) groups is 1. The van der Waals surface area contributed by atoms with Crippen LogP contribution in [0, 0.1) is 6.92 Å². The SMILES string of the molecule is COc1ccc(C(=O)CC2CSCCN2)c(C)c1. The molecule has 1 unspecified atom stereocenters. The Morgan fingerprint density at radius 2 is 2.39 bits per heavy atom. The summed E-state index contributed by atoms with van der Waals surface area (Å²) in [6.07, 6.45) is 0.584. The second-order valence-corrected chi connectivity index (χ2v) is 5.68. The maximum Gasteiger partial charge on any atom is 0.164 e. The molecule has 0 bridgehead atoms. The summed E-state index contributed by atoms with van der Waals surface area (Å²) in [5.74, 6) is 3.19. The highest BCUT2D eigenvalue weighted by atomic mass is 32.2. The van der Waals surface area contributed by atoms with Crippen LogP contribution in [0.15, 0.2) is 18.2 Å². The number of thioether (sulfide) groups is 1. The van der Waals surface area contributed by atoms with Gasteiger partial charge in [0.15, 0.2) is 5.78 Å². The van der Waals surface area contributed by atoms with Gasteiger partial charge in [-0.3, -0.25) is 4.79 Å². The molecule has 3 nitrogen and oxygen atoms in total. The maximum atomic E-state index is 12.2. The molecule has 1 aromatic rings. The van der Waals surface area contributed by atoms with Gasteiger partial charge in [0, 0.05) is 36.1 Å². The van der Waals surface area contributed by atoms with Crippen LogP contribution in [0.25, 0.3) is 0 Å². The van der Waals surface area contributed by atoms with Gasteiger partial charge in [-0.25, -0.2) is 0 Å². The number of Topliss-reactive ketones (excluding diaryl/α,β-unsaturated/α-hetero) is 1. The highest BCUT2D eigenvalue weighted by Gasteiger charge is 2.18. The van der Waals surface area contributed by atoms with Crippen LogP contribution in [-0.2, 0) is 0 Å². The number of benzene rings is 1. The van der Waals surface area contributed by atoms with E-state index in [0.717, 1.165) is 34.9 Å². The van der Waals surface area contributed by atoms with Crippen LogP contribution >= 0.6 is 11.8 Å². The average molecular weight is 265 g/mol. The van der Waals surface area contributed by atoms with Crippen LogP contribution in [0.3, 0.4) is 0 Å². The van der Waals surface area contributed by atoms with Crippen molar-refractivity contribution in [2.24, 2.45) is 0 Å². The Bertz CT molecular complexity index is 428. The summed E-state index contributed by atoms with van der Waals surface area (Å²) in [4.78, 5) is 12.2. The van der Waals surface area contributed by atoms with Crippen molar-refractivity contribution >= 4 is 17.5 Å². The minimum Gasteiger partial charge on any atom is -0.497 e. The van der Waals surface area contributed by atoms with Crippen molar-refractivity contribution < 1.29 is 9.53 Å². The van der Waals surface area contributed by atoms with Crippen LogP contribution in [-0.4, -0.2) is 37.0 Å². The van der Waals surface area contributed by atoms with Gasteiger partial charge in [-0.05, 0) is 30.7 Å². The Balaban J connectivity index is 2.03. The molecule has 0 amide bonds. The topological polar surface area (TPSA) is 38.3 Å². The molecule has 0 radical (unpaired) electrons. The molecule has 2 rings (SSSR count). The molecular weight excluding hydrogens is 246 g/mol. The summed E-state index contributed by atoms with van der Waals surface area (Å²) in [5, 5.41) is 3.40. The van der Waals surface area contributed by atoms with Gasteiger partial charge in [-0.15, -0.1) is 0 Å². The lowest BCUT2D eigenvalue weighted by Crippen LogP contribution is -2.38. The van der Waals surface area contributed by atoms with Gasteiger partial charge in [0.2, 0.25) is 0 Å². The molecule has 1 saturated heterocycles. The predicted molar refractivity (Wildman–Crippen MR) is 75.8 cm³/mol. The van der Waals surface area contributed by atoms with Crippen molar-refractivity contribution in [2.75, 3.05) is 25.2 Å². The lowest BCUT2D eigenvalue weighted by Gasteiger charge is -2.22. The maximum absolute atomic E-state index is 12.2. The fraction of sp³-hybridized carbons (Fsp3) is 0.500. The number of hydrogen-bond acceptors (Lipinski definition) is 4. The normalized spacial score (nSPS) is 19.6. The number of ether oxygens (including phenoxy) is 1. The Morgan fingerprint density at radius 3 is 3.00 bits per heavy atom. The summed E-state index contributed by atoms with van der Waals surface area (Å²) >= 11 is 1.92. The van der Waals surface area contributed by atoms with E-state index in [1.54, 1.807) is 7.11 Å². The first kappa shape index (κ1) is 13.4. The molecule has 98 valence electrons. The van der Waals surface area contributed by atoms with E-state index in [-0.39, 0.29) is 5.78 Å². The Hall–Kier alpha value is -1.00. The van der Waals surface area contributed by atoms with Crippen LogP contribution in [0.1, 0.15) is 22.3 Å². The van der Waals surface area contributed by atoms with E-state index in [9.17, 15) is 4.79 Å². The zero-order chi connectivity index (χ0) is 13.0. The van der Waals surface area contributed by atoms with E-state index in [0.29, 0.717) is 12.5 Å². The predicted octanol–water partition coefficient (Wildman–Crippen LogP) is 2.28. The molecule has 18 heavy (non-hydrogen) atoms. The smallest absolute Gasteiger partial charge is 0.164 e. The van der Waals surface area contributed by atoms with Crippen molar-refractivity contribution in [1.29, 1.82) is 0 Å². The standard InChI is InChI=1S/C14H19NO2S/c1-10-7-12(17-2)3-4-13(10)14(16)8-11-9-18-6-5-15-11/h3-4,7,11,15H,5-6,8-9H2,1-2H3. The fourth-order valence-electron chi connectivity index (χ4n) is 2.16. The molecule has 0 aliphatic carbocycles. The first-order valence-corrected chi connectivity index (χ1v) is 7.35. The molecule has 1 N–H and O–H groups in total. The number of hydrogen-bond donors (Lipinski definition) is 1. The zero-order valence-electron chi connectivity index (χ0n) is 10.9. The highest BCUT2D eigenvalue weighted by molar-refractivity contribution is 7.99. The molecule has 1 atom stereocenters. The van der Waals surface area contributed by atoms with Crippen LogP contribution in [0.4, 0.5) is 0 Å². The summed E-state index contributed by atoms with van der Waals surface area (Å²) in [7, 11) is 1.64. The third kappa shape index (κ3) is 3.27. The largest absolute Gasteiger partial charge is 0.497 e. The molecule has 1 heterocycles. The van der Waals surface area contributed by atoms with Crippen molar-refractivity contribution in [1.82, 2.24) is 5.32 Å². The number of nitrogens with one attached hydrogen (secondary N) is 1. The van der Waals surface area contributed by atoms with Crippen LogP contribution < -0.4 is 10.1 Å². The second kappa shape index (κ2) is 6.25. The number of carbonyl (C=O) groups excluding carboxylic acids is 1. The quantitative estimate of drug-likeness (QED) is 0.848. The zero-order valence-corrected chi connectivity index (χ0v) is 11.7. The number of methoxy groups -OCH3 is 1. The van der Waals surface area contributed by atoms with Crippen molar-refractivity contribution in [3.63, 3.8) is 0 Å². The van der Waals surface area contributed by atoms with Crippen molar-refractivity contribution in [2.45, 2.75) is 19.4 Å². The summed E-state index contributed by atoms with van der Waals surface area (Å²) in [5.41, 5.74) is 1.80. The van der Waals surface area contributed by atoms with Gasteiger partial charge in [-0.2, -0.15) is 11.8 Å². The Labute approximate surface area is 112 Å². The minimum absolute atomic E-state index is 0.218. The van der Waals surface area contributed by atoms with Gasteiger partial charge in [0.25, 0.3) is 0 Å². The third-order valence-corrected chi connectivity index (χ3v) is 4.30. The van der Waals surface area contributed by atoms with Gasteiger partial charge < -0.3 is 10.1 Å². The van der Waals surface area contributed by atoms with Gasteiger partial charge >= 0.3 is 0 Å². The Morgan fingerprint density at radius 1 is 1.56 bits per heavy atom. The molecular formula is C14H19NO2S. The summed E-state index contributed by atoms with van der Waals surface area (Å²) in [6, 6.07) is 5.95. The lowest BCUT2D eigenvalue weighted by atomic mass is 10.00. The van der Waals surface area contributed by atoms with Gasteiger partial charge in [0.05, 0.1) is 7.11 Å². The van der Waals surface area contributed by atoms with Gasteiger partial charge in [0.1, 0.15) is 5.75 Å². The van der Waals surface area contributed by atoms with Crippen molar-refractivity contribution in [3.05, 3.63) is 29.3 Å². The van der Waals surface area contributed by atoms with Crippen molar-refractivity contribution in [3.8, 4) is 5.75 Å². The van der Waals surface area contributed by atoms with E-state index >= 15 is 0 Å². The fourth-order valence-corrected chi connectivity index (χ4v) is 3.11. The molecule has 0 spiro atoms. The molecule has 1 aromatic carbocycles. The first-order chi connectivity index (χ1) is 8.70. The third-order valence-electron chi connectivity index (χ3n) is 3.16. The van der Waals surface area contributed by atoms with E-state index in [4.69, 9.17) is 4.74 Å². The molecule has 1 aliphatic heterocycles. The van der Waals surface area contributed by atoms with E-state index in [2.05, 4.69) is 5.32 Å². The second-order valence-electron chi connectivity index (χ2n) is 4.53. The monoisotopic (exact) mass is 265 g/mol. The molecule has 4 heteroatoms. The molecule has 1 fully saturated rings. The van der Waals surface area contributed by atoms with E-state index < -0.39 is 0 Å². The number of rotatable bonds is 4. The summed E-state index contributed by atoms with van der Waals surface area (Å²) in [6.45, 7) is 2.96. The number of aryl methyl sites for hydroxylation is 1. The molecule has 0 saturated carbocycles. The van der Waals surface area contributed by atoms with Gasteiger partial charge in [-0.1, -0.05) is 0 Å². The van der Waals surface area contributed by atoms with E-state index in [1.807, 2.05) is 36.9 Å². The lowest BCUT2D eigenvalue weighted by molar-refractivity contribution is 0.0971.